The van der Waals surface area contributed by atoms with Gasteiger partial charge in [0.2, 0.25) is 0 Å². The van der Waals surface area contributed by atoms with Gasteiger partial charge in [0.1, 0.15) is 5.84 Å². The largest absolute Gasteiger partial charge is 0.327 e. The predicted octanol–water partition coefficient (Wildman–Crippen LogP) is 10.9. The maximum absolute atomic E-state index is 6.10. The second kappa shape index (κ2) is 15.6. The molecule has 1 aromatic heterocycles. The van der Waals surface area contributed by atoms with Crippen LogP contribution in [0.4, 0.5) is 0 Å². The lowest BCUT2D eigenvalue weighted by atomic mass is 9.88. The third-order valence-corrected chi connectivity index (χ3v) is 9.53. The van der Waals surface area contributed by atoms with Crippen LogP contribution in [0.15, 0.2) is 168 Å². The summed E-state index contributed by atoms with van der Waals surface area (Å²) >= 11 is 0. The van der Waals surface area contributed by atoms with Crippen LogP contribution < -0.4 is 5.73 Å². The molecule has 0 saturated carbocycles. The fourth-order valence-electron chi connectivity index (χ4n) is 6.94. The van der Waals surface area contributed by atoms with Gasteiger partial charge in [0.05, 0.1) is 22.6 Å². The van der Waals surface area contributed by atoms with Gasteiger partial charge in [0.25, 0.3) is 0 Å². The maximum Gasteiger partial charge on any atom is 0.115 e. The zero-order valence-corrected chi connectivity index (χ0v) is 28.6. The van der Waals surface area contributed by atoms with Crippen LogP contribution in [0.2, 0.25) is 0 Å². The number of allylic oxidation sites excluding steroid dienone is 12. The first-order chi connectivity index (χ1) is 24.1. The van der Waals surface area contributed by atoms with E-state index in [1.54, 1.807) is 6.08 Å². The number of para-hydroxylation sites is 1. The Morgan fingerprint density at radius 2 is 1.86 bits per heavy atom. The molecule has 2 aliphatic rings. The summed E-state index contributed by atoms with van der Waals surface area (Å²) in [5.41, 5.74) is 15.1. The van der Waals surface area contributed by atoms with Crippen molar-refractivity contribution < 1.29 is 0 Å². The van der Waals surface area contributed by atoms with E-state index in [2.05, 4.69) is 139 Å². The molecule has 244 valence electrons. The van der Waals surface area contributed by atoms with E-state index in [9.17, 15) is 0 Å². The Kier molecular flexibility index (Phi) is 10.7. The van der Waals surface area contributed by atoms with Gasteiger partial charge in [-0.05, 0) is 71.7 Å². The van der Waals surface area contributed by atoms with E-state index in [1.165, 1.54) is 21.9 Å². The van der Waals surface area contributed by atoms with Crippen molar-refractivity contribution in [3.05, 3.63) is 174 Å². The summed E-state index contributed by atoms with van der Waals surface area (Å²) in [5.74, 6) is 4.60. The van der Waals surface area contributed by atoms with E-state index in [0.717, 1.165) is 58.5 Å². The number of benzene rings is 3. The second-order valence-corrected chi connectivity index (χ2v) is 12.6. The SMILES string of the molecule is C#CC(/C=C\C(=C/CN)c1ccc2c(c1)c1ccccc1n2C1=NC(C2=CCC(CC)C=C2)=CC(c2ccccc2)C1)C(/C=C\C)=C/C=C. The second-order valence-electron chi connectivity index (χ2n) is 12.6. The number of hydrogen-bond acceptors (Lipinski definition) is 2. The summed E-state index contributed by atoms with van der Waals surface area (Å²) in [5, 5.41) is 2.37. The highest BCUT2D eigenvalue weighted by Gasteiger charge is 2.25. The monoisotopic (exact) mass is 639 g/mol. The Morgan fingerprint density at radius 1 is 1.06 bits per heavy atom. The standard InChI is InChI=1S/C46H45N3/c1-5-14-35(15-6-2)34(8-4)24-25-37(28-29-47)39-26-27-45-42(30-39)41-18-12-13-19-44(41)49(45)46-32-40(36-16-10-9-11-17-36)31-43(48-46)38-22-20-33(7-3)21-23-38/h4-6,9-20,22-28,30-31,33-34,40H,1,7,21,29,32,47H2,2-3H3/b15-6-,25-24-,35-14+,37-28+. The van der Waals surface area contributed by atoms with Gasteiger partial charge in [-0.3, -0.25) is 4.57 Å². The van der Waals surface area contributed by atoms with Gasteiger partial charge in [0, 0.05) is 29.7 Å². The molecule has 6 rings (SSSR count). The minimum Gasteiger partial charge on any atom is -0.327 e. The first kappa shape index (κ1) is 33.5. The maximum atomic E-state index is 6.10. The first-order valence-corrected chi connectivity index (χ1v) is 17.3. The molecule has 0 fully saturated rings. The molecule has 0 bridgehead atoms. The van der Waals surface area contributed by atoms with Crippen molar-refractivity contribution in [2.75, 3.05) is 6.54 Å². The number of hydrogen-bond donors (Lipinski definition) is 1. The third kappa shape index (κ3) is 7.21. The lowest BCUT2D eigenvalue weighted by Crippen LogP contribution is -2.19. The molecular weight excluding hydrogens is 595 g/mol. The summed E-state index contributed by atoms with van der Waals surface area (Å²) in [6.07, 6.45) is 32.3. The Morgan fingerprint density at radius 3 is 2.57 bits per heavy atom. The number of aliphatic imine (C=N–C) groups is 1. The molecule has 2 heterocycles. The van der Waals surface area contributed by atoms with E-state index in [-0.39, 0.29) is 11.8 Å². The van der Waals surface area contributed by atoms with Crippen molar-refractivity contribution in [1.29, 1.82) is 0 Å². The van der Waals surface area contributed by atoms with Crippen molar-refractivity contribution in [3.8, 4) is 12.3 Å². The molecule has 3 unspecified atom stereocenters. The molecule has 49 heavy (non-hydrogen) atoms. The van der Waals surface area contributed by atoms with Gasteiger partial charge in [-0.25, -0.2) is 4.99 Å². The number of rotatable bonds is 10. The van der Waals surface area contributed by atoms with Crippen molar-refractivity contribution in [1.82, 2.24) is 4.57 Å². The highest BCUT2D eigenvalue weighted by atomic mass is 15.1. The number of nitrogens with zero attached hydrogens (tertiary/aromatic N) is 2. The quantitative estimate of drug-likeness (QED) is 0.136. The fraction of sp³-hybridized carbons (Fsp3) is 0.196. The predicted molar refractivity (Wildman–Crippen MR) is 211 cm³/mol. The van der Waals surface area contributed by atoms with Gasteiger partial charge in [-0.15, -0.1) is 6.42 Å². The highest BCUT2D eigenvalue weighted by Crippen LogP contribution is 2.37. The number of nitrogens with two attached hydrogens (primary N) is 1. The molecule has 0 radical (unpaired) electrons. The van der Waals surface area contributed by atoms with E-state index < -0.39 is 0 Å². The van der Waals surface area contributed by atoms with Gasteiger partial charge in [-0.1, -0.05) is 141 Å². The van der Waals surface area contributed by atoms with E-state index in [0.29, 0.717) is 12.5 Å². The third-order valence-electron chi connectivity index (χ3n) is 9.53. The molecule has 2 N–H and O–H groups in total. The van der Waals surface area contributed by atoms with E-state index in [1.807, 2.05) is 25.2 Å². The van der Waals surface area contributed by atoms with Crippen LogP contribution in [0.25, 0.3) is 27.4 Å². The first-order valence-electron chi connectivity index (χ1n) is 17.3. The van der Waals surface area contributed by atoms with Crippen LogP contribution in [-0.2, 0) is 0 Å². The molecule has 0 spiro atoms. The van der Waals surface area contributed by atoms with Crippen LogP contribution in [-0.4, -0.2) is 16.9 Å². The summed E-state index contributed by atoms with van der Waals surface area (Å²) in [6.45, 7) is 8.53. The summed E-state index contributed by atoms with van der Waals surface area (Å²) in [4.78, 5) is 5.41. The van der Waals surface area contributed by atoms with Crippen LogP contribution in [0.1, 0.15) is 50.2 Å². The summed E-state index contributed by atoms with van der Waals surface area (Å²) < 4.78 is 2.37. The van der Waals surface area contributed by atoms with Crippen molar-refractivity contribution in [2.24, 2.45) is 22.6 Å². The number of aromatic nitrogens is 1. The molecule has 4 aromatic rings. The van der Waals surface area contributed by atoms with Gasteiger partial charge < -0.3 is 5.73 Å². The Hall–Kier alpha value is -5.43. The molecule has 1 aliphatic heterocycles. The fourth-order valence-corrected chi connectivity index (χ4v) is 6.94. The van der Waals surface area contributed by atoms with Crippen molar-refractivity contribution in [2.45, 2.75) is 39.0 Å². The van der Waals surface area contributed by atoms with Crippen molar-refractivity contribution >= 4 is 33.2 Å². The molecule has 3 atom stereocenters. The van der Waals surface area contributed by atoms with E-state index >= 15 is 0 Å². The summed E-state index contributed by atoms with van der Waals surface area (Å²) in [6, 6.07) is 26.2. The average molecular weight is 640 g/mol. The molecule has 3 aromatic carbocycles. The molecule has 0 amide bonds. The molecule has 1 aliphatic carbocycles. The Bertz CT molecular complexity index is 2130. The van der Waals surface area contributed by atoms with E-state index in [4.69, 9.17) is 17.1 Å². The van der Waals surface area contributed by atoms with Crippen LogP contribution in [0.3, 0.4) is 0 Å². The molecular formula is C46H45N3. The minimum absolute atomic E-state index is 0.188. The average Bonchev–Trinajstić information content (AvgIpc) is 3.48. The van der Waals surface area contributed by atoms with Gasteiger partial charge in [-0.2, -0.15) is 0 Å². The Labute approximate surface area is 291 Å². The Balaban J connectivity index is 1.45. The zero-order valence-electron chi connectivity index (χ0n) is 28.6. The van der Waals surface area contributed by atoms with Crippen LogP contribution in [0.5, 0.6) is 0 Å². The summed E-state index contributed by atoms with van der Waals surface area (Å²) in [7, 11) is 0. The molecule has 3 heteroatoms. The number of fused-ring (bicyclic) bond motifs is 3. The molecule has 3 nitrogen and oxygen atoms in total. The minimum atomic E-state index is -0.188. The molecule has 0 saturated heterocycles. The zero-order chi connectivity index (χ0) is 34.2. The smallest absolute Gasteiger partial charge is 0.115 e. The van der Waals surface area contributed by atoms with Gasteiger partial charge >= 0.3 is 0 Å². The van der Waals surface area contributed by atoms with Crippen LogP contribution in [0, 0.1) is 24.2 Å². The number of terminal acetylenes is 1. The lowest BCUT2D eigenvalue weighted by molar-refractivity contribution is 0.630. The topological polar surface area (TPSA) is 43.3 Å². The van der Waals surface area contributed by atoms with Gasteiger partial charge in [0.15, 0.2) is 0 Å². The highest BCUT2D eigenvalue weighted by molar-refractivity contribution is 6.15. The van der Waals surface area contributed by atoms with Crippen LogP contribution >= 0.6 is 0 Å². The normalized spacial score (nSPS) is 19.3. The van der Waals surface area contributed by atoms with Crippen molar-refractivity contribution in [3.63, 3.8) is 0 Å². The lowest BCUT2D eigenvalue weighted by Gasteiger charge is -2.25.